The number of fused-ring (bicyclic) bond motifs is 5. The molecule has 4 fully saturated rings. The number of nitrogens with one attached hydrogen (secondary N) is 1. The molecular formula is C34H32F3N5O2. The van der Waals surface area contributed by atoms with Gasteiger partial charge in [0, 0.05) is 60.0 Å². The van der Waals surface area contributed by atoms with E-state index < -0.39 is 23.3 Å². The van der Waals surface area contributed by atoms with E-state index in [-0.39, 0.29) is 52.5 Å². The first-order chi connectivity index (χ1) is 21.3. The summed E-state index contributed by atoms with van der Waals surface area (Å²) in [7, 11) is 0. The van der Waals surface area contributed by atoms with Crippen LogP contribution in [0.1, 0.15) is 37.7 Å². The summed E-state index contributed by atoms with van der Waals surface area (Å²) < 4.78 is 53.6. The maximum absolute atomic E-state index is 16.8. The molecule has 0 spiro atoms. The van der Waals surface area contributed by atoms with Crippen molar-refractivity contribution in [2.75, 3.05) is 37.7 Å². The fourth-order valence-electron chi connectivity index (χ4n) is 8.06. The molecule has 1 aromatic heterocycles. The Morgan fingerprint density at radius 1 is 1.11 bits per heavy atom. The summed E-state index contributed by atoms with van der Waals surface area (Å²) in [5.41, 5.74) is -0.284. The Labute approximate surface area is 253 Å². The van der Waals surface area contributed by atoms with Crippen LogP contribution in [0.15, 0.2) is 36.4 Å². The number of aromatic hydroxyl groups is 1. The molecule has 4 aliphatic rings. The second-order valence-corrected chi connectivity index (χ2v) is 12.7. The molecule has 226 valence electrons. The summed E-state index contributed by atoms with van der Waals surface area (Å²) in [6.07, 6.45) is 9.03. The van der Waals surface area contributed by atoms with Crippen molar-refractivity contribution < 1.29 is 23.0 Å². The van der Waals surface area contributed by atoms with Crippen molar-refractivity contribution >= 4 is 27.5 Å². The standard InChI is InChI=1S/C34H32F3N5O2/c1-2-19-5-3-6-20-11-24(43)12-25(28(19)20)29-27(36)13-26-31(30(29)37)39-33(40-32(26)41-16-22-7-8-23(17-41)38-22)44-18-34-9-4-10-42(34)15-21(35)14-34/h1,3,5-6,11-13,21-23,38,43H,4,7-10,14-18H2. The van der Waals surface area contributed by atoms with Crippen LogP contribution in [0.3, 0.4) is 0 Å². The minimum atomic E-state index is -0.920. The highest BCUT2D eigenvalue weighted by atomic mass is 19.1. The maximum atomic E-state index is 16.8. The zero-order valence-electron chi connectivity index (χ0n) is 24.1. The van der Waals surface area contributed by atoms with Crippen molar-refractivity contribution in [3.05, 3.63) is 53.6 Å². The van der Waals surface area contributed by atoms with Crippen molar-refractivity contribution in [1.82, 2.24) is 20.2 Å². The van der Waals surface area contributed by atoms with E-state index in [1.807, 2.05) is 0 Å². The van der Waals surface area contributed by atoms with Crippen LogP contribution in [0.5, 0.6) is 11.8 Å². The second kappa shape index (κ2) is 10.2. The highest BCUT2D eigenvalue weighted by Crippen LogP contribution is 2.43. The molecule has 10 heteroatoms. The lowest BCUT2D eigenvalue weighted by Gasteiger charge is -2.34. The van der Waals surface area contributed by atoms with Crippen LogP contribution < -0.4 is 15.0 Å². The van der Waals surface area contributed by atoms with Crippen LogP contribution in [0.4, 0.5) is 19.0 Å². The molecule has 4 saturated heterocycles. The average molecular weight is 600 g/mol. The van der Waals surface area contributed by atoms with Gasteiger partial charge >= 0.3 is 6.01 Å². The Balaban J connectivity index is 1.29. The molecule has 0 aliphatic carbocycles. The van der Waals surface area contributed by atoms with E-state index in [0.29, 0.717) is 48.2 Å². The third-order valence-electron chi connectivity index (χ3n) is 9.98. The smallest absolute Gasteiger partial charge is 0.319 e. The summed E-state index contributed by atoms with van der Waals surface area (Å²) in [6, 6.07) is 9.75. The lowest BCUT2D eigenvalue weighted by molar-refractivity contribution is 0.107. The molecule has 5 heterocycles. The molecule has 4 unspecified atom stereocenters. The number of phenolic OH excluding ortho intramolecular Hbond substituents is 1. The molecule has 4 atom stereocenters. The summed E-state index contributed by atoms with van der Waals surface area (Å²) >= 11 is 0. The van der Waals surface area contributed by atoms with Crippen LogP contribution in [-0.2, 0) is 0 Å². The van der Waals surface area contributed by atoms with Gasteiger partial charge in [0.2, 0.25) is 0 Å². The van der Waals surface area contributed by atoms with Gasteiger partial charge in [-0.3, -0.25) is 4.90 Å². The summed E-state index contributed by atoms with van der Waals surface area (Å²) in [4.78, 5) is 13.4. The van der Waals surface area contributed by atoms with Crippen molar-refractivity contribution in [3.8, 4) is 35.2 Å². The Hall–Kier alpha value is -4.07. The average Bonchev–Trinajstić information content (AvgIpc) is 3.65. The van der Waals surface area contributed by atoms with Gasteiger partial charge in [-0.25, -0.2) is 13.2 Å². The number of rotatable bonds is 5. The van der Waals surface area contributed by atoms with Crippen molar-refractivity contribution in [3.63, 3.8) is 0 Å². The topological polar surface area (TPSA) is 73.8 Å². The lowest BCUT2D eigenvalue weighted by Crippen LogP contribution is -2.51. The van der Waals surface area contributed by atoms with Gasteiger partial charge in [0.05, 0.1) is 11.1 Å². The number of anilines is 1. The Bertz CT molecular complexity index is 1850. The number of benzene rings is 3. The van der Waals surface area contributed by atoms with E-state index in [9.17, 15) is 9.50 Å². The fraction of sp³-hybridized carbons (Fsp3) is 0.412. The molecule has 4 aromatic rings. The van der Waals surface area contributed by atoms with E-state index in [2.05, 4.69) is 26.0 Å². The SMILES string of the molecule is C#Cc1cccc2cc(O)cc(-c3c(F)cc4c(N5CC6CCC(C5)N6)nc(OCC56CCCN5CC(F)C6)nc4c3F)c12. The van der Waals surface area contributed by atoms with Crippen molar-refractivity contribution in [1.29, 1.82) is 0 Å². The Morgan fingerprint density at radius 2 is 1.93 bits per heavy atom. The second-order valence-electron chi connectivity index (χ2n) is 12.7. The molecule has 0 saturated carbocycles. The third kappa shape index (κ3) is 4.36. The minimum Gasteiger partial charge on any atom is -0.508 e. The Morgan fingerprint density at radius 3 is 2.73 bits per heavy atom. The predicted octanol–water partition coefficient (Wildman–Crippen LogP) is 5.31. The van der Waals surface area contributed by atoms with Crippen LogP contribution in [-0.4, -0.2) is 76.6 Å². The zero-order valence-corrected chi connectivity index (χ0v) is 24.1. The summed E-state index contributed by atoms with van der Waals surface area (Å²) in [5, 5.41) is 15.4. The van der Waals surface area contributed by atoms with Gasteiger partial charge in [-0.15, -0.1) is 6.42 Å². The molecule has 0 radical (unpaired) electrons. The van der Waals surface area contributed by atoms with Crippen molar-refractivity contribution in [2.24, 2.45) is 0 Å². The number of aromatic nitrogens is 2. The lowest BCUT2D eigenvalue weighted by atomic mass is 9.93. The van der Waals surface area contributed by atoms with Gasteiger partial charge in [-0.05, 0) is 61.9 Å². The molecule has 3 aromatic carbocycles. The number of piperazine rings is 1. The van der Waals surface area contributed by atoms with Crippen LogP contribution in [0.25, 0.3) is 32.8 Å². The van der Waals surface area contributed by atoms with Crippen LogP contribution >= 0.6 is 0 Å². The summed E-state index contributed by atoms with van der Waals surface area (Å²) in [6.45, 7) is 2.65. The highest BCUT2D eigenvalue weighted by molar-refractivity contribution is 6.04. The molecule has 8 rings (SSSR count). The largest absolute Gasteiger partial charge is 0.508 e. The number of ether oxygens (including phenoxy) is 1. The zero-order chi connectivity index (χ0) is 30.2. The number of phenols is 1. The molecule has 2 N–H and O–H groups in total. The molecule has 7 nitrogen and oxygen atoms in total. The van der Waals surface area contributed by atoms with E-state index >= 15 is 8.78 Å². The van der Waals surface area contributed by atoms with E-state index in [1.165, 1.54) is 18.2 Å². The minimum absolute atomic E-state index is 0.0246. The number of hydrogen-bond donors (Lipinski definition) is 2. The normalized spacial score (nSPS) is 26.4. The van der Waals surface area contributed by atoms with Crippen molar-refractivity contribution in [2.45, 2.75) is 55.9 Å². The molecule has 0 amide bonds. The van der Waals surface area contributed by atoms with E-state index in [0.717, 1.165) is 32.2 Å². The third-order valence-corrected chi connectivity index (χ3v) is 9.98. The van der Waals surface area contributed by atoms with Gasteiger partial charge in [-0.1, -0.05) is 18.1 Å². The predicted molar refractivity (Wildman–Crippen MR) is 163 cm³/mol. The first kappa shape index (κ1) is 27.5. The number of halogens is 3. The van der Waals surface area contributed by atoms with Crippen LogP contribution in [0, 0.1) is 24.0 Å². The van der Waals surface area contributed by atoms with Gasteiger partial charge in [0.25, 0.3) is 0 Å². The molecular weight excluding hydrogens is 567 g/mol. The molecule has 2 bridgehead atoms. The number of nitrogens with zero attached hydrogens (tertiary/aromatic N) is 4. The van der Waals surface area contributed by atoms with Gasteiger partial charge < -0.3 is 20.1 Å². The highest BCUT2D eigenvalue weighted by Gasteiger charge is 2.49. The summed E-state index contributed by atoms with van der Waals surface area (Å²) in [5.74, 6) is 1.16. The number of hydrogen-bond acceptors (Lipinski definition) is 7. The van der Waals surface area contributed by atoms with Gasteiger partial charge in [0.1, 0.15) is 35.7 Å². The fourth-order valence-corrected chi connectivity index (χ4v) is 8.06. The number of terminal acetylenes is 1. The van der Waals surface area contributed by atoms with E-state index in [1.54, 1.807) is 18.2 Å². The molecule has 44 heavy (non-hydrogen) atoms. The van der Waals surface area contributed by atoms with Gasteiger partial charge in [-0.2, -0.15) is 9.97 Å². The number of alkyl halides is 1. The maximum Gasteiger partial charge on any atom is 0.319 e. The first-order valence-corrected chi connectivity index (χ1v) is 15.3. The monoisotopic (exact) mass is 599 g/mol. The Kier molecular flexibility index (Phi) is 6.40. The van der Waals surface area contributed by atoms with Gasteiger partial charge in [0.15, 0.2) is 5.82 Å². The molecule has 4 aliphatic heterocycles. The van der Waals surface area contributed by atoms with Crippen LogP contribution in [0.2, 0.25) is 0 Å². The quantitative estimate of drug-likeness (QED) is 0.301. The van der Waals surface area contributed by atoms with E-state index in [4.69, 9.17) is 16.1 Å². The first-order valence-electron chi connectivity index (χ1n) is 15.3.